The predicted octanol–water partition coefficient (Wildman–Crippen LogP) is 5.24. The van der Waals surface area contributed by atoms with Crippen molar-refractivity contribution in [2.75, 3.05) is 0 Å². The summed E-state index contributed by atoms with van der Waals surface area (Å²) in [5, 5.41) is 10.0. The lowest BCUT2D eigenvalue weighted by Crippen LogP contribution is -2.49. The molecule has 0 spiro atoms. The van der Waals surface area contributed by atoms with Gasteiger partial charge in [-0.25, -0.2) is 0 Å². The molecule has 0 aromatic heterocycles. The van der Waals surface area contributed by atoms with Crippen LogP contribution in [-0.4, -0.2) is 11.2 Å². The van der Waals surface area contributed by atoms with Crippen LogP contribution in [0.1, 0.15) is 58.8 Å². The van der Waals surface area contributed by atoms with Gasteiger partial charge in [0.2, 0.25) is 0 Å². The number of hydrogen-bond donors (Lipinski definition) is 1. The zero-order valence-electron chi connectivity index (χ0n) is 13.2. The average molecular weight is 398 g/mol. The molecule has 0 saturated heterocycles. The first kappa shape index (κ1) is 14.7. The molecule has 6 atom stereocenters. The summed E-state index contributed by atoms with van der Waals surface area (Å²) in [4.78, 5) is 0. The maximum absolute atomic E-state index is 10.0. The first-order valence-electron chi connectivity index (χ1n) is 8.69. The smallest absolute Gasteiger partial charge is 0.0577 e. The summed E-state index contributed by atoms with van der Waals surface area (Å²) in [6.07, 6.45) is 13.4. The number of halogens is 1. The van der Waals surface area contributed by atoms with Gasteiger partial charge in [0.1, 0.15) is 0 Å². The van der Waals surface area contributed by atoms with E-state index >= 15 is 0 Å². The predicted molar refractivity (Wildman–Crippen MR) is 95.2 cm³/mol. The summed E-state index contributed by atoms with van der Waals surface area (Å²) >= 11 is 2.60. The third kappa shape index (κ3) is 1.97. The molecule has 1 nitrogen and oxygen atoms in total. The quantitative estimate of drug-likeness (QED) is 0.437. The van der Waals surface area contributed by atoms with E-state index < -0.39 is 0 Å². The molecule has 0 unspecified atom stereocenters. The first-order valence-corrected chi connectivity index (χ1v) is 9.77. The lowest BCUT2D eigenvalue weighted by atomic mass is 9.48. The number of fused-ring (bicyclic) bond motifs is 5. The summed E-state index contributed by atoms with van der Waals surface area (Å²) in [7, 11) is 0. The van der Waals surface area contributed by atoms with E-state index in [9.17, 15) is 5.11 Å². The van der Waals surface area contributed by atoms with E-state index in [4.69, 9.17) is 0 Å². The molecule has 0 amide bonds. The van der Waals surface area contributed by atoms with Gasteiger partial charge in [-0.3, -0.25) is 0 Å². The molecule has 0 aromatic rings. The standard InChI is InChI=1S/C19H27IO/c1-18-9-7-13(21)11-12(18)3-4-14-15-5-6-17(20)19(15,2)10-8-16(14)18/h3,6,13-16,21H,4-5,7-11H2,1-2H3/t13-,14+,15+,16+,18+,19+/m1/s1. The molecule has 4 rings (SSSR count). The Kier molecular flexibility index (Phi) is 3.39. The van der Waals surface area contributed by atoms with Crippen molar-refractivity contribution in [2.45, 2.75) is 64.9 Å². The fraction of sp³-hybridized carbons (Fsp3) is 0.789. The van der Waals surface area contributed by atoms with E-state index in [0.717, 1.165) is 30.6 Å². The number of allylic oxidation sites excluding steroid dienone is 3. The highest BCUT2D eigenvalue weighted by atomic mass is 127. The maximum Gasteiger partial charge on any atom is 0.0577 e. The largest absolute Gasteiger partial charge is 0.393 e. The second-order valence-corrected chi connectivity index (χ2v) is 9.56. The highest BCUT2D eigenvalue weighted by Gasteiger charge is 2.56. The first-order chi connectivity index (χ1) is 9.95. The topological polar surface area (TPSA) is 20.2 Å². The Labute approximate surface area is 142 Å². The molecule has 0 bridgehead atoms. The lowest BCUT2D eigenvalue weighted by molar-refractivity contribution is -0.0268. The van der Waals surface area contributed by atoms with Crippen LogP contribution in [0, 0.1) is 28.6 Å². The van der Waals surface area contributed by atoms with Crippen molar-refractivity contribution >= 4 is 22.6 Å². The Hall–Kier alpha value is 0.170. The Morgan fingerprint density at radius 1 is 1.05 bits per heavy atom. The van der Waals surface area contributed by atoms with E-state index in [2.05, 4.69) is 48.6 Å². The third-order valence-corrected chi connectivity index (χ3v) is 9.24. The van der Waals surface area contributed by atoms with Crippen LogP contribution in [0.25, 0.3) is 0 Å². The van der Waals surface area contributed by atoms with Gasteiger partial charge in [-0.2, -0.15) is 0 Å². The average Bonchev–Trinajstić information content (AvgIpc) is 2.76. The number of rotatable bonds is 0. The summed E-state index contributed by atoms with van der Waals surface area (Å²) in [5.74, 6) is 2.60. The second-order valence-electron chi connectivity index (χ2n) is 8.40. The Bertz CT molecular complexity index is 522. The molecule has 2 fully saturated rings. The normalized spacial score (nSPS) is 52.4. The number of aliphatic hydroxyl groups excluding tert-OH is 1. The van der Waals surface area contributed by atoms with Crippen LogP contribution >= 0.6 is 22.6 Å². The fourth-order valence-corrected chi connectivity index (χ4v) is 7.08. The maximum atomic E-state index is 10.0. The van der Waals surface area contributed by atoms with Crippen LogP contribution in [0.2, 0.25) is 0 Å². The van der Waals surface area contributed by atoms with Gasteiger partial charge in [0.25, 0.3) is 0 Å². The molecule has 0 aromatic carbocycles. The zero-order chi connectivity index (χ0) is 14.8. The van der Waals surface area contributed by atoms with Crippen LogP contribution in [0.3, 0.4) is 0 Å². The summed E-state index contributed by atoms with van der Waals surface area (Å²) in [5.41, 5.74) is 2.45. The van der Waals surface area contributed by atoms with Crippen LogP contribution in [0.4, 0.5) is 0 Å². The van der Waals surface area contributed by atoms with Crippen LogP contribution in [0.5, 0.6) is 0 Å². The minimum atomic E-state index is -0.0798. The van der Waals surface area contributed by atoms with Gasteiger partial charge in [-0.05, 0) is 94.3 Å². The molecule has 21 heavy (non-hydrogen) atoms. The van der Waals surface area contributed by atoms with Crippen molar-refractivity contribution in [1.29, 1.82) is 0 Å². The summed E-state index contributed by atoms with van der Waals surface area (Å²) in [6.45, 7) is 5.03. The van der Waals surface area contributed by atoms with E-state index in [1.54, 1.807) is 9.15 Å². The molecule has 116 valence electrons. The minimum absolute atomic E-state index is 0.0798. The Morgan fingerprint density at radius 3 is 2.62 bits per heavy atom. The molecule has 4 aliphatic rings. The van der Waals surface area contributed by atoms with Crippen LogP contribution < -0.4 is 0 Å². The minimum Gasteiger partial charge on any atom is -0.393 e. The molecule has 1 N–H and O–H groups in total. The van der Waals surface area contributed by atoms with E-state index in [-0.39, 0.29) is 6.10 Å². The summed E-state index contributed by atoms with van der Waals surface area (Å²) in [6, 6.07) is 0. The number of aliphatic hydroxyl groups is 1. The fourth-order valence-electron chi connectivity index (χ4n) is 6.16. The Balaban J connectivity index is 1.68. The van der Waals surface area contributed by atoms with Crippen molar-refractivity contribution < 1.29 is 5.11 Å². The molecule has 4 aliphatic carbocycles. The highest BCUT2D eigenvalue weighted by molar-refractivity contribution is 14.1. The molecular weight excluding hydrogens is 371 g/mol. The molecule has 0 heterocycles. The summed E-state index contributed by atoms with van der Waals surface area (Å²) < 4.78 is 1.63. The second kappa shape index (κ2) is 4.83. The van der Waals surface area contributed by atoms with Crippen LogP contribution in [-0.2, 0) is 0 Å². The Morgan fingerprint density at radius 2 is 1.81 bits per heavy atom. The van der Waals surface area contributed by atoms with Crippen molar-refractivity contribution in [3.05, 3.63) is 21.3 Å². The van der Waals surface area contributed by atoms with Gasteiger partial charge in [-0.15, -0.1) is 0 Å². The van der Waals surface area contributed by atoms with E-state index in [1.807, 2.05) is 0 Å². The van der Waals surface area contributed by atoms with Crippen molar-refractivity contribution in [2.24, 2.45) is 28.6 Å². The van der Waals surface area contributed by atoms with Gasteiger partial charge in [-0.1, -0.05) is 31.6 Å². The van der Waals surface area contributed by atoms with E-state index in [0.29, 0.717) is 10.8 Å². The van der Waals surface area contributed by atoms with Crippen molar-refractivity contribution in [1.82, 2.24) is 0 Å². The van der Waals surface area contributed by atoms with Crippen LogP contribution in [0.15, 0.2) is 21.3 Å². The third-order valence-electron chi connectivity index (χ3n) is 7.56. The lowest BCUT2D eigenvalue weighted by Gasteiger charge is -2.57. The van der Waals surface area contributed by atoms with Gasteiger partial charge in [0, 0.05) is 5.41 Å². The zero-order valence-corrected chi connectivity index (χ0v) is 15.4. The SMILES string of the molecule is C[C@]12CC[C@@H](O)CC1=CC[C@@H]1[C@@H]2CC[C@]2(C)C(I)=CC[C@@H]12. The van der Waals surface area contributed by atoms with Crippen molar-refractivity contribution in [3.63, 3.8) is 0 Å². The monoisotopic (exact) mass is 398 g/mol. The van der Waals surface area contributed by atoms with Gasteiger partial charge < -0.3 is 5.11 Å². The highest BCUT2D eigenvalue weighted by Crippen LogP contribution is 2.65. The van der Waals surface area contributed by atoms with Gasteiger partial charge >= 0.3 is 0 Å². The molecular formula is C19H27IO. The molecule has 0 radical (unpaired) electrons. The molecule has 2 heteroatoms. The van der Waals surface area contributed by atoms with E-state index in [1.165, 1.54) is 32.1 Å². The molecule has 2 saturated carbocycles. The van der Waals surface area contributed by atoms with Gasteiger partial charge in [0.15, 0.2) is 0 Å². The molecule has 0 aliphatic heterocycles. The van der Waals surface area contributed by atoms with Crippen molar-refractivity contribution in [3.8, 4) is 0 Å². The van der Waals surface area contributed by atoms with Gasteiger partial charge in [0.05, 0.1) is 6.10 Å². The number of hydrogen-bond acceptors (Lipinski definition) is 1.